The van der Waals surface area contributed by atoms with E-state index < -0.39 is 23.5 Å². The molecule has 0 spiro atoms. The van der Waals surface area contributed by atoms with E-state index in [1.807, 2.05) is 13.8 Å². The van der Waals surface area contributed by atoms with E-state index in [4.69, 9.17) is 4.84 Å². The minimum absolute atomic E-state index is 0.0725. The lowest BCUT2D eigenvalue weighted by atomic mass is 9.46. The van der Waals surface area contributed by atoms with E-state index in [1.165, 1.54) is 5.57 Å². The van der Waals surface area contributed by atoms with Gasteiger partial charge >= 0.3 is 5.97 Å². The fourth-order valence-electron chi connectivity index (χ4n) is 8.34. The van der Waals surface area contributed by atoms with E-state index in [1.54, 1.807) is 6.92 Å². The van der Waals surface area contributed by atoms with Gasteiger partial charge in [0.2, 0.25) is 0 Å². The molecule has 0 heterocycles. The number of nitrogens with zero attached hydrogens (tertiary/aromatic N) is 1. The van der Waals surface area contributed by atoms with Crippen molar-refractivity contribution < 1.29 is 29.4 Å². The van der Waals surface area contributed by atoms with Crippen LogP contribution in [-0.2, 0) is 19.2 Å². The summed E-state index contributed by atoms with van der Waals surface area (Å²) in [7, 11) is 0. The third-order valence-electron chi connectivity index (χ3n) is 10.4. The Labute approximate surface area is 220 Å². The third-order valence-corrected chi connectivity index (χ3v) is 10.4. The third kappa shape index (κ3) is 4.86. The molecule has 206 valence electrons. The molecule has 4 rings (SSSR count). The van der Waals surface area contributed by atoms with Crippen LogP contribution in [0.2, 0.25) is 0 Å². The average molecular weight is 517 g/mol. The Morgan fingerprint density at radius 1 is 1.11 bits per heavy atom. The van der Waals surface area contributed by atoms with Crippen LogP contribution in [0.4, 0.5) is 0 Å². The second kappa shape index (κ2) is 10.2. The number of allylic oxidation sites excluding steroid dienone is 2. The standard InChI is InChI=1S/C29H44N2O6/c1-17(2)14-24(26(34)35)30-25(33)16-37-31-20-8-11-27(4)19(15-20)6-7-21-22(27)9-12-28(5)23(21)10-13-29(28,36)18(3)32/h15,17,21-24,36H,6-14,16H2,1-5H3,(H,30,33)(H,34,35)/b31-20-/t21-,22+,23+,24+,27-,28+,29+/m0/s1. The molecule has 4 aliphatic rings. The Morgan fingerprint density at radius 2 is 1.81 bits per heavy atom. The molecule has 37 heavy (non-hydrogen) atoms. The van der Waals surface area contributed by atoms with E-state index >= 15 is 0 Å². The second-order valence-electron chi connectivity index (χ2n) is 12.9. The van der Waals surface area contributed by atoms with Crippen LogP contribution in [0.15, 0.2) is 16.8 Å². The summed E-state index contributed by atoms with van der Waals surface area (Å²) < 4.78 is 0. The van der Waals surface area contributed by atoms with Crippen molar-refractivity contribution in [2.75, 3.05) is 6.61 Å². The number of nitrogens with one attached hydrogen (secondary N) is 1. The van der Waals surface area contributed by atoms with Gasteiger partial charge in [-0.3, -0.25) is 9.59 Å². The van der Waals surface area contributed by atoms with Gasteiger partial charge < -0.3 is 20.4 Å². The van der Waals surface area contributed by atoms with Gasteiger partial charge in [-0.25, -0.2) is 4.79 Å². The number of rotatable bonds is 8. The van der Waals surface area contributed by atoms with Crippen LogP contribution < -0.4 is 5.32 Å². The number of hydrogen-bond donors (Lipinski definition) is 3. The molecule has 0 bridgehead atoms. The van der Waals surface area contributed by atoms with Crippen LogP contribution in [0.25, 0.3) is 0 Å². The van der Waals surface area contributed by atoms with Crippen molar-refractivity contribution >= 4 is 23.4 Å². The van der Waals surface area contributed by atoms with Crippen molar-refractivity contribution in [1.82, 2.24) is 5.32 Å². The van der Waals surface area contributed by atoms with Crippen molar-refractivity contribution in [3.8, 4) is 0 Å². The number of Topliss-reactive ketones (excluding diaryl/α,β-unsaturated/α-hetero) is 1. The quantitative estimate of drug-likeness (QED) is 0.414. The average Bonchev–Trinajstić information content (AvgIpc) is 3.10. The molecule has 0 saturated heterocycles. The highest BCUT2D eigenvalue weighted by Crippen LogP contribution is 2.67. The molecular weight excluding hydrogens is 472 g/mol. The molecule has 0 aliphatic heterocycles. The number of amides is 1. The summed E-state index contributed by atoms with van der Waals surface area (Å²) in [4.78, 5) is 41.3. The first-order chi connectivity index (χ1) is 17.3. The van der Waals surface area contributed by atoms with E-state index in [0.717, 1.165) is 50.7 Å². The molecule has 0 aromatic heterocycles. The van der Waals surface area contributed by atoms with Crippen LogP contribution in [0.3, 0.4) is 0 Å². The minimum atomic E-state index is -1.19. The van der Waals surface area contributed by atoms with Crippen molar-refractivity contribution in [2.24, 2.45) is 39.7 Å². The number of carboxylic acid groups (broad SMARTS) is 1. The number of carbonyl (C=O) groups is 3. The number of aliphatic hydroxyl groups is 1. The minimum Gasteiger partial charge on any atom is -0.480 e. The smallest absolute Gasteiger partial charge is 0.326 e. The van der Waals surface area contributed by atoms with Gasteiger partial charge in [0.1, 0.15) is 11.6 Å². The van der Waals surface area contributed by atoms with Gasteiger partial charge in [0, 0.05) is 5.41 Å². The Morgan fingerprint density at radius 3 is 2.46 bits per heavy atom. The summed E-state index contributed by atoms with van der Waals surface area (Å²) in [6, 6.07) is -0.930. The molecule has 3 fully saturated rings. The zero-order valence-electron chi connectivity index (χ0n) is 23.0. The molecule has 8 nitrogen and oxygen atoms in total. The molecule has 3 N–H and O–H groups in total. The normalized spacial score (nSPS) is 38.7. The maximum atomic E-state index is 12.4. The SMILES string of the molecule is CC(=O)[C@]1(O)CC[C@@H]2[C@H]3CCC4=C/C(=N\OCC(=O)N[C@H](CC(C)C)C(=O)O)CC[C@]4(C)[C@@H]3CC[C@]21C. The summed E-state index contributed by atoms with van der Waals surface area (Å²) in [6.07, 6.45) is 9.66. The Balaban J connectivity index is 1.40. The van der Waals surface area contributed by atoms with Crippen molar-refractivity contribution in [2.45, 2.75) is 104 Å². The topological polar surface area (TPSA) is 125 Å². The number of fused-ring (bicyclic) bond motifs is 5. The lowest BCUT2D eigenvalue weighted by Crippen LogP contribution is -2.57. The lowest BCUT2D eigenvalue weighted by molar-refractivity contribution is -0.159. The molecule has 3 saturated carbocycles. The van der Waals surface area contributed by atoms with Crippen molar-refractivity contribution in [3.63, 3.8) is 0 Å². The van der Waals surface area contributed by atoms with Crippen molar-refractivity contribution in [1.29, 1.82) is 0 Å². The Kier molecular flexibility index (Phi) is 7.63. The van der Waals surface area contributed by atoms with E-state index in [9.17, 15) is 24.6 Å². The Hall–Kier alpha value is -2.22. The molecule has 0 radical (unpaired) electrons. The fourth-order valence-corrected chi connectivity index (χ4v) is 8.34. The largest absolute Gasteiger partial charge is 0.480 e. The first-order valence-corrected chi connectivity index (χ1v) is 14.0. The molecule has 0 aromatic rings. The first-order valence-electron chi connectivity index (χ1n) is 14.0. The van der Waals surface area contributed by atoms with Gasteiger partial charge in [-0.05, 0) is 99.9 Å². The van der Waals surface area contributed by atoms with Crippen LogP contribution in [0, 0.1) is 34.5 Å². The fraction of sp³-hybridized carbons (Fsp3) is 0.793. The van der Waals surface area contributed by atoms with Gasteiger partial charge in [-0.15, -0.1) is 0 Å². The number of ketones is 1. The van der Waals surface area contributed by atoms with Gasteiger partial charge in [0.25, 0.3) is 5.91 Å². The van der Waals surface area contributed by atoms with Crippen LogP contribution in [-0.4, -0.2) is 51.8 Å². The molecule has 1 amide bonds. The predicted octanol–water partition coefficient (Wildman–Crippen LogP) is 4.26. The monoisotopic (exact) mass is 516 g/mol. The highest BCUT2D eigenvalue weighted by molar-refractivity contribution is 5.96. The van der Waals surface area contributed by atoms with Gasteiger partial charge in [-0.2, -0.15) is 0 Å². The molecule has 0 unspecified atom stereocenters. The van der Waals surface area contributed by atoms with E-state index in [-0.39, 0.29) is 29.1 Å². The lowest BCUT2D eigenvalue weighted by Gasteiger charge is -2.59. The maximum Gasteiger partial charge on any atom is 0.326 e. The predicted molar refractivity (Wildman–Crippen MR) is 140 cm³/mol. The summed E-state index contributed by atoms with van der Waals surface area (Å²) in [5, 5.41) is 27.4. The summed E-state index contributed by atoms with van der Waals surface area (Å²) in [6.45, 7) is 9.58. The molecular formula is C29H44N2O6. The zero-order valence-corrected chi connectivity index (χ0v) is 23.0. The maximum absolute atomic E-state index is 12.4. The Bertz CT molecular complexity index is 1000. The number of oxime groups is 1. The van der Waals surface area contributed by atoms with Gasteiger partial charge in [-0.1, -0.05) is 38.4 Å². The number of carbonyl (C=O) groups excluding carboxylic acids is 2. The van der Waals surface area contributed by atoms with Gasteiger partial charge in [0.15, 0.2) is 12.4 Å². The number of carboxylic acids is 1. The summed E-state index contributed by atoms with van der Waals surface area (Å²) in [5.41, 5.74) is 0.765. The highest BCUT2D eigenvalue weighted by Gasteiger charge is 2.65. The van der Waals surface area contributed by atoms with Gasteiger partial charge in [0.05, 0.1) is 5.71 Å². The second-order valence-corrected chi connectivity index (χ2v) is 12.9. The highest BCUT2D eigenvalue weighted by atomic mass is 16.6. The molecule has 0 aromatic carbocycles. The molecule has 8 heteroatoms. The number of aliphatic carboxylic acids is 1. The van der Waals surface area contributed by atoms with Crippen LogP contribution >= 0.6 is 0 Å². The first kappa shape index (κ1) is 27.8. The summed E-state index contributed by atoms with van der Waals surface area (Å²) >= 11 is 0. The molecule has 7 atom stereocenters. The molecule has 4 aliphatic carbocycles. The van der Waals surface area contributed by atoms with Crippen molar-refractivity contribution in [3.05, 3.63) is 11.6 Å². The summed E-state index contributed by atoms with van der Waals surface area (Å²) in [5.74, 6) is -0.0502. The zero-order chi connectivity index (χ0) is 27.2. The van der Waals surface area contributed by atoms with Crippen LogP contribution in [0.5, 0.6) is 0 Å². The van der Waals surface area contributed by atoms with E-state index in [0.29, 0.717) is 30.6 Å². The van der Waals surface area contributed by atoms with Crippen LogP contribution in [0.1, 0.15) is 92.4 Å². The number of hydrogen-bond acceptors (Lipinski definition) is 6. The van der Waals surface area contributed by atoms with E-state index in [2.05, 4.69) is 30.4 Å².